The first-order valence-corrected chi connectivity index (χ1v) is 11.4. The highest BCUT2D eigenvalue weighted by Crippen LogP contribution is 2.37. The van der Waals surface area contributed by atoms with Crippen LogP contribution in [-0.2, 0) is 19.4 Å². The number of anilines is 2. The number of nitrogens with one attached hydrogen (secondary N) is 2. The molecular formula is C20H22N2O4S2. The fourth-order valence-electron chi connectivity index (χ4n) is 2.85. The first kappa shape index (κ1) is 20.4. The van der Waals surface area contributed by atoms with E-state index in [-0.39, 0.29) is 27.7 Å². The van der Waals surface area contributed by atoms with E-state index in [2.05, 4.69) is 10.6 Å². The predicted octanol–water partition coefficient (Wildman–Crippen LogP) is 3.48. The number of hydrogen-bond acceptors (Lipinski definition) is 5. The Bertz CT molecular complexity index is 1030. The second-order valence-corrected chi connectivity index (χ2v) is 10.3. The minimum absolute atomic E-state index is 0.0947. The molecule has 28 heavy (non-hydrogen) atoms. The standard InChI is InChI=1S/C20H22N2O4S2/c1-12-6-4-5-7-16(12)21-19(23)13(2)11-28(25,26)15-8-9-18-17(10-15)22-20(24)14(3)27-18/h4-10,13-14H,11H2,1-3H3,(H,21,23)(H,22,24)/t13-,14-/m0/s1. The largest absolute Gasteiger partial charge is 0.326 e. The normalized spacial score (nSPS) is 17.4. The van der Waals surface area contributed by atoms with Crippen molar-refractivity contribution < 1.29 is 18.0 Å². The van der Waals surface area contributed by atoms with Gasteiger partial charge in [-0.3, -0.25) is 9.59 Å². The average Bonchev–Trinajstić information content (AvgIpc) is 2.63. The number of fused-ring (bicyclic) bond motifs is 1. The highest BCUT2D eigenvalue weighted by Gasteiger charge is 2.27. The Morgan fingerprint density at radius 3 is 2.68 bits per heavy atom. The van der Waals surface area contributed by atoms with Gasteiger partial charge < -0.3 is 10.6 Å². The molecule has 0 aliphatic carbocycles. The first-order chi connectivity index (χ1) is 13.2. The molecule has 2 aromatic carbocycles. The van der Waals surface area contributed by atoms with Crippen LogP contribution in [0.25, 0.3) is 0 Å². The third-order valence-electron chi connectivity index (χ3n) is 4.56. The molecule has 148 valence electrons. The van der Waals surface area contributed by atoms with Crippen LogP contribution in [0.4, 0.5) is 11.4 Å². The number of carbonyl (C=O) groups is 2. The molecule has 0 radical (unpaired) electrons. The number of sulfone groups is 1. The van der Waals surface area contributed by atoms with E-state index in [1.54, 1.807) is 26.0 Å². The molecular weight excluding hydrogens is 396 g/mol. The van der Waals surface area contributed by atoms with Crippen LogP contribution >= 0.6 is 11.8 Å². The lowest BCUT2D eigenvalue weighted by atomic mass is 10.1. The summed E-state index contributed by atoms with van der Waals surface area (Å²) in [6, 6.07) is 12.0. The average molecular weight is 419 g/mol. The van der Waals surface area contributed by atoms with Gasteiger partial charge in [-0.1, -0.05) is 25.1 Å². The molecule has 8 heteroatoms. The number of carbonyl (C=O) groups excluding carboxylic acids is 2. The third-order valence-corrected chi connectivity index (χ3v) is 7.65. The van der Waals surface area contributed by atoms with Crippen LogP contribution in [0.2, 0.25) is 0 Å². The van der Waals surface area contributed by atoms with Gasteiger partial charge >= 0.3 is 0 Å². The van der Waals surface area contributed by atoms with Crippen LogP contribution in [0.5, 0.6) is 0 Å². The maximum Gasteiger partial charge on any atom is 0.237 e. The van der Waals surface area contributed by atoms with Crippen molar-refractivity contribution in [2.45, 2.75) is 35.8 Å². The fourth-order valence-corrected chi connectivity index (χ4v) is 5.36. The summed E-state index contributed by atoms with van der Waals surface area (Å²) in [5.41, 5.74) is 2.06. The Morgan fingerprint density at radius 2 is 1.96 bits per heavy atom. The van der Waals surface area contributed by atoms with Crippen molar-refractivity contribution in [3.63, 3.8) is 0 Å². The number of rotatable bonds is 5. The zero-order valence-corrected chi connectivity index (χ0v) is 17.5. The minimum Gasteiger partial charge on any atom is -0.326 e. The smallest absolute Gasteiger partial charge is 0.237 e. The number of benzene rings is 2. The summed E-state index contributed by atoms with van der Waals surface area (Å²) < 4.78 is 25.6. The summed E-state index contributed by atoms with van der Waals surface area (Å²) >= 11 is 1.39. The van der Waals surface area contributed by atoms with Gasteiger partial charge in [0.1, 0.15) is 0 Å². The number of aryl methyl sites for hydroxylation is 1. The topological polar surface area (TPSA) is 92.3 Å². The van der Waals surface area contributed by atoms with E-state index in [0.717, 1.165) is 10.5 Å². The van der Waals surface area contributed by atoms with E-state index in [0.29, 0.717) is 11.4 Å². The van der Waals surface area contributed by atoms with Crippen molar-refractivity contribution in [1.82, 2.24) is 0 Å². The van der Waals surface area contributed by atoms with E-state index in [9.17, 15) is 18.0 Å². The predicted molar refractivity (Wildman–Crippen MR) is 111 cm³/mol. The second-order valence-electron chi connectivity index (χ2n) is 6.89. The number of thioether (sulfide) groups is 1. The van der Waals surface area contributed by atoms with Crippen molar-refractivity contribution >= 4 is 44.8 Å². The van der Waals surface area contributed by atoms with Crippen LogP contribution in [0.15, 0.2) is 52.3 Å². The van der Waals surface area contributed by atoms with Gasteiger partial charge in [-0.05, 0) is 43.7 Å². The van der Waals surface area contributed by atoms with Crippen LogP contribution in [0.3, 0.4) is 0 Å². The highest BCUT2D eigenvalue weighted by molar-refractivity contribution is 8.01. The molecule has 0 bridgehead atoms. The molecule has 1 heterocycles. The van der Waals surface area contributed by atoms with E-state index in [4.69, 9.17) is 0 Å². The van der Waals surface area contributed by atoms with Crippen LogP contribution in [0.1, 0.15) is 19.4 Å². The van der Waals surface area contributed by atoms with Crippen molar-refractivity contribution in [1.29, 1.82) is 0 Å². The van der Waals surface area contributed by atoms with Gasteiger partial charge in [0.05, 0.1) is 21.6 Å². The lowest BCUT2D eigenvalue weighted by Gasteiger charge is -2.22. The fraction of sp³-hybridized carbons (Fsp3) is 0.300. The molecule has 2 N–H and O–H groups in total. The molecule has 3 rings (SSSR count). The Morgan fingerprint density at radius 1 is 1.25 bits per heavy atom. The number of para-hydroxylation sites is 1. The number of amides is 2. The maximum absolute atomic E-state index is 12.8. The van der Waals surface area contributed by atoms with Crippen LogP contribution in [0, 0.1) is 12.8 Å². The third kappa shape index (κ3) is 4.39. The molecule has 0 saturated heterocycles. The molecule has 2 amide bonds. The molecule has 2 aromatic rings. The summed E-state index contributed by atoms with van der Waals surface area (Å²) in [6.45, 7) is 5.25. The summed E-state index contributed by atoms with van der Waals surface area (Å²) in [5, 5.41) is 5.29. The van der Waals surface area contributed by atoms with E-state index < -0.39 is 15.8 Å². The summed E-state index contributed by atoms with van der Waals surface area (Å²) in [7, 11) is -3.69. The summed E-state index contributed by atoms with van der Waals surface area (Å²) in [4.78, 5) is 25.2. The monoisotopic (exact) mass is 418 g/mol. The first-order valence-electron chi connectivity index (χ1n) is 8.88. The van der Waals surface area contributed by atoms with Crippen molar-refractivity contribution in [2.75, 3.05) is 16.4 Å². The molecule has 0 unspecified atom stereocenters. The van der Waals surface area contributed by atoms with E-state index in [1.807, 2.05) is 25.1 Å². The molecule has 1 aliphatic rings. The summed E-state index contributed by atoms with van der Waals surface area (Å²) in [5.74, 6) is -1.56. The summed E-state index contributed by atoms with van der Waals surface area (Å²) in [6.07, 6.45) is 0. The lowest BCUT2D eigenvalue weighted by Crippen LogP contribution is -2.28. The molecule has 2 atom stereocenters. The Labute approximate surface area is 169 Å². The van der Waals surface area contributed by atoms with E-state index in [1.165, 1.54) is 23.9 Å². The molecule has 6 nitrogen and oxygen atoms in total. The Balaban J connectivity index is 1.74. The van der Waals surface area contributed by atoms with Crippen molar-refractivity contribution in [2.24, 2.45) is 5.92 Å². The van der Waals surface area contributed by atoms with Gasteiger partial charge in [-0.15, -0.1) is 11.8 Å². The molecule has 0 aromatic heterocycles. The quantitative estimate of drug-likeness (QED) is 0.776. The highest BCUT2D eigenvalue weighted by atomic mass is 32.2. The Hall–Kier alpha value is -2.32. The van der Waals surface area contributed by atoms with Gasteiger partial charge in [-0.25, -0.2) is 8.42 Å². The van der Waals surface area contributed by atoms with E-state index >= 15 is 0 Å². The maximum atomic E-state index is 12.8. The molecule has 0 spiro atoms. The van der Waals surface area contributed by atoms with Crippen LogP contribution < -0.4 is 10.6 Å². The minimum atomic E-state index is -3.69. The molecule has 0 saturated carbocycles. The Kier molecular flexibility index (Phi) is 5.81. The second kappa shape index (κ2) is 7.97. The zero-order chi connectivity index (χ0) is 20.5. The number of hydrogen-bond donors (Lipinski definition) is 2. The molecule has 0 fully saturated rings. The lowest BCUT2D eigenvalue weighted by molar-refractivity contribution is -0.119. The van der Waals surface area contributed by atoms with Crippen LogP contribution in [-0.4, -0.2) is 31.2 Å². The zero-order valence-electron chi connectivity index (χ0n) is 15.9. The van der Waals surface area contributed by atoms with Gasteiger partial charge in [0.25, 0.3) is 0 Å². The van der Waals surface area contributed by atoms with Gasteiger partial charge in [0.2, 0.25) is 11.8 Å². The SMILES string of the molecule is Cc1ccccc1NC(=O)[C@@H](C)CS(=O)(=O)c1ccc2c(c1)NC(=O)[C@H](C)S2. The molecule has 1 aliphatic heterocycles. The van der Waals surface area contributed by atoms with Gasteiger partial charge in [0, 0.05) is 16.5 Å². The van der Waals surface area contributed by atoms with Crippen molar-refractivity contribution in [3.05, 3.63) is 48.0 Å². The van der Waals surface area contributed by atoms with Gasteiger partial charge in [0.15, 0.2) is 9.84 Å². The van der Waals surface area contributed by atoms with Crippen molar-refractivity contribution in [3.8, 4) is 0 Å². The van der Waals surface area contributed by atoms with Gasteiger partial charge in [-0.2, -0.15) is 0 Å².